The molecule has 5 aliphatic rings. The van der Waals surface area contributed by atoms with Gasteiger partial charge < -0.3 is 29.6 Å². The van der Waals surface area contributed by atoms with Crippen molar-refractivity contribution in [2.75, 3.05) is 25.5 Å². The zero-order chi connectivity index (χ0) is 61.0. The number of benzene rings is 8. The van der Waals surface area contributed by atoms with E-state index >= 15 is 0 Å². The number of nitrogens with zero attached hydrogens (tertiary/aromatic N) is 2. The summed E-state index contributed by atoms with van der Waals surface area (Å²) in [7, 11) is -2.33. The van der Waals surface area contributed by atoms with E-state index in [1.165, 1.54) is 44.2 Å². The van der Waals surface area contributed by atoms with Gasteiger partial charge in [0, 0.05) is 33.8 Å². The van der Waals surface area contributed by atoms with Crippen molar-refractivity contribution >= 4 is 97.7 Å². The zero-order valence-electron chi connectivity index (χ0n) is 51.2. The number of rotatable bonds is 15. The highest BCUT2D eigenvalue weighted by atomic mass is 31.1. The quantitative estimate of drug-likeness (QED) is 0.0987. The minimum absolute atomic E-state index is 0. The van der Waals surface area contributed by atoms with Crippen LogP contribution < -0.4 is 62.5 Å². The summed E-state index contributed by atoms with van der Waals surface area (Å²) >= 11 is 0. The largest absolute Gasteiger partial charge is 0.485 e. The Morgan fingerprint density at radius 3 is 1.22 bits per heavy atom. The van der Waals surface area contributed by atoms with Crippen LogP contribution in [-0.4, -0.2) is 85.0 Å². The Bertz CT molecular complexity index is 3400. The van der Waals surface area contributed by atoms with Gasteiger partial charge in [-0.1, -0.05) is 235 Å². The molecule has 0 aromatic heterocycles. The van der Waals surface area contributed by atoms with Crippen molar-refractivity contribution in [2.24, 2.45) is 15.4 Å². The number of ether oxygens (including phenoxy) is 4. The van der Waals surface area contributed by atoms with Gasteiger partial charge in [-0.2, -0.15) is 0 Å². The summed E-state index contributed by atoms with van der Waals surface area (Å²) in [6, 6.07) is 75.1. The number of para-hydroxylation sites is 2. The molecule has 13 rings (SSSR count). The van der Waals surface area contributed by atoms with Gasteiger partial charge in [-0.05, 0) is 139 Å². The molecule has 2 N–H and O–H groups in total. The molecule has 0 saturated heterocycles. The third-order valence-corrected chi connectivity index (χ3v) is 27.2. The molecule has 0 spiro atoms. The molecule has 89 heavy (non-hydrogen) atoms. The molecule has 1 saturated carbocycles. The highest BCUT2D eigenvalue weighted by Crippen LogP contribution is 2.55. The lowest BCUT2D eigenvalue weighted by atomic mass is 9.88. The molecule has 4 heterocycles. The Kier molecular flexibility index (Phi) is 22.4. The number of aliphatic imine (C=N–C) groups is 2. The van der Waals surface area contributed by atoms with Gasteiger partial charge in [0.15, 0.2) is 11.8 Å². The molecule has 8 atom stereocenters. The van der Waals surface area contributed by atoms with Gasteiger partial charge in [0.1, 0.15) is 36.4 Å². The average molecular weight is 1260 g/mol. The average Bonchev–Trinajstić information content (AvgIpc) is 2.81. The molecule has 14 heteroatoms. The highest BCUT2D eigenvalue weighted by molar-refractivity contribution is 7.80. The second-order valence-corrected chi connectivity index (χ2v) is 33.4. The fourth-order valence-corrected chi connectivity index (χ4v) is 22.3. The summed E-state index contributed by atoms with van der Waals surface area (Å²) in [5.41, 5.74) is 1.53. The fourth-order valence-electron chi connectivity index (χ4n) is 11.9. The maximum Gasteiger partial charge on any atom is 0.252 e. The van der Waals surface area contributed by atoms with E-state index in [2.05, 4.69) is 213 Å². The van der Waals surface area contributed by atoms with E-state index in [0.29, 0.717) is 42.5 Å². The maximum absolute atomic E-state index is 14.2. The predicted molar refractivity (Wildman–Crippen MR) is 378 cm³/mol. The summed E-state index contributed by atoms with van der Waals surface area (Å²) in [4.78, 5) is 37.5. The maximum atomic E-state index is 14.2. The van der Waals surface area contributed by atoms with Crippen molar-refractivity contribution in [3.05, 3.63) is 230 Å². The minimum atomic E-state index is -0.955. The second-order valence-electron chi connectivity index (χ2n) is 23.8. The summed E-state index contributed by atoms with van der Waals surface area (Å²) in [5.74, 6) is 4.24. The van der Waals surface area contributed by atoms with Crippen LogP contribution in [-0.2, 0) is 9.47 Å². The van der Waals surface area contributed by atoms with E-state index in [4.69, 9.17) is 18.9 Å². The fraction of sp³-hybridized carbons (Fsp3) is 0.307. The van der Waals surface area contributed by atoms with Crippen LogP contribution in [0.5, 0.6) is 11.5 Å². The third kappa shape index (κ3) is 16.1. The van der Waals surface area contributed by atoms with Gasteiger partial charge >= 0.3 is 0 Å². The van der Waals surface area contributed by atoms with Gasteiger partial charge in [-0.25, -0.2) is 9.98 Å². The van der Waals surface area contributed by atoms with Crippen LogP contribution in [0.3, 0.4) is 0 Å². The first-order valence-corrected chi connectivity index (χ1v) is 36.8. The molecule has 2 amide bonds. The van der Waals surface area contributed by atoms with Gasteiger partial charge in [0.05, 0.1) is 18.5 Å². The number of carbonyl (C=O) groups is 2. The standard InChI is InChI=1S/C44H40N2O2P2.C18H20O2P2.C12H20N2O2.CH4/c47-43(37-27-13-17-31-41(37)49(33-19-5-1-6-20-33)34-21-7-2-8-22-34)45-39-29-15-16-30-40(39)46-44(48)38-28-14-18-32-42(38)50(35-23-9-3-10-24-35)36-25-11-4-12-26-36;1-13-19-15-7-3-5-9-17(15)21(13)11-12-22-14(2)20-16-8-4-6-10-18(16)22;1-8-6-15-10(13-8)5-11-14-9(7-16-11)12(2,3)4;/h1-14,17-28,31-32,39-40H,15-16,29-30H2,(H,45,47)(H,46,48);3-10,13-14H,11-12H2,1-2H3;8-9H,5-7H2,1-4H3;1H4/t39-,40-;13-,14-,21+,22+;8-,9+;/m110./s1. The van der Waals surface area contributed by atoms with E-state index in [9.17, 15) is 9.59 Å². The van der Waals surface area contributed by atoms with E-state index in [1.54, 1.807) is 0 Å². The van der Waals surface area contributed by atoms with Crippen LogP contribution in [0.2, 0.25) is 0 Å². The molecular formula is C75H84N4O6P4. The number of carbonyl (C=O) groups excluding carboxylic acids is 2. The van der Waals surface area contributed by atoms with Crippen molar-refractivity contribution in [2.45, 2.75) is 117 Å². The van der Waals surface area contributed by atoms with Crippen molar-refractivity contribution in [1.29, 1.82) is 0 Å². The predicted octanol–water partition coefficient (Wildman–Crippen LogP) is 13.4. The molecule has 0 unspecified atom stereocenters. The Hall–Kier alpha value is -7.04. The van der Waals surface area contributed by atoms with Gasteiger partial charge in [0.2, 0.25) is 0 Å². The smallest absolute Gasteiger partial charge is 0.252 e. The van der Waals surface area contributed by atoms with Crippen molar-refractivity contribution in [1.82, 2.24) is 10.6 Å². The summed E-state index contributed by atoms with van der Waals surface area (Å²) < 4.78 is 23.1. The SMILES string of the molecule is C.C[C@@H]1Oc2ccccc2[P@@]1CC[P@]1c2ccccc2O[C@H]1C.C[C@H]1COC(CC2=N[C@@H](C(C)(C)C)CO2)=N1.O=C(N[C@@H]1CCCC[C@H]1NC(=O)c1ccccc1P(c1ccccc1)c1ccccc1)c1ccccc1P(c1ccccc1)c1ccccc1. The molecule has 8 aromatic carbocycles. The Morgan fingerprint density at radius 1 is 0.483 bits per heavy atom. The lowest BCUT2D eigenvalue weighted by Crippen LogP contribution is -2.54. The first-order chi connectivity index (χ1) is 42.9. The molecule has 10 nitrogen and oxygen atoms in total. The molecule has 1 aliphatic carbocycles. The first-order valence-electron chi connectivity index (χ1n) is 30.9. The van der Waals surface area contributed by atoms with Crippen LogP contribution in [0.25, 0.3) is 0 Å². The topological polar surface area (TPSA) is 120 Å². The number of amides is 2. The summed E-state index contributed by atoms with van der Waals surface area (Å²) in [6.45, 7) is 14.4. The summed E-state index contributed by atoms with van der Waals surface area (Å²) in [6.07, 6.45) is 6.72. The normalized spacial score (nSPS) is 21.3. The van der Waals surface area contributed by atoms with E-state index in [1.807, 2.05) is 67.6 Å². The van der Waals surface area contributed by atoms with Crippen LogP contribution in [0.4, 0.5) is 0 Å². The van der Waals surface area contributed by atoms with Crippen LogP contribution in [0.1, 0.15) is 102 Å². The Balaban J connectivity index is 0.000000182. The monoisotopic (exact) mass is 1260 g/mol. The molecular weight excluding hydrogens is 1180 g/mol. The van der Waals surface area contributed by atoms with E-state index < -0.39 is 15.8 Å². The summed E-state index contributed by atoms with van der Waals surface area (Å²) in [5, 5.41) is 16.5. The number of nitrogens with one attached hydrogen (secondary N) is 2. The Labute approximate surface area is 532 Å². The zero-order valence-corrected chi connectivity index (χ0v) is 54.8. The molecule has 0 radical (unpaired) electrons. The van der Waals surface area contributed by atoms with Crippen molar-refractivity contribution in [3.63, 3.8) is 0 Å². The number of hydrogen-bond acceptors (Lipinski definition) is 8. The van der Waals surface area contributed by atoms with Gasteiger partial charge in [-0.3, -0.25) is 9.59 Å². The molecule has 1 fully saturated rings. The lowest BCUT2D eigenvalue weighted by Gasteiger charge is -2.33. The molecule has 460 valence electrons. The third-order valence-electron chi connectivity index (χ3n) is 16.5. The molecule has 4 aliphatic heterocycles. The Morgan fingerprint density at radius 2 is 0.843 bits per heavy atom. The van der Waals surface area contributed by atoms with Crippen LogP contribution in [0, 0.1) is 5.41 Å². The lowest BCUT2D eigenvalue weighted by molar-refractivity contribution is 0.0864. The van der Waals surface area contributed by atoms with Crippen molar-refractivity contribution < 1.29 is 28.5 Å². The van der Waals surface area contributed by atoms with Crippen molar-refractivity contribution in [3.8, 4) is 11.5 Å². The second kappa shape index (κ2) is 30.6. The molecule has 8 aromatic rings. The number of hydrogen-bond donors (Lipinski definition) is 2. The number of fused-ring (bicyclic) bond motifs is 2. The highest BCUT2D eigenvalue weighted by Gasteiger charge is 2.37. The van der Waals surface area contributed by atoms with Crippen LogP contribution >= 0.6 is 31.7 Å². The van der Waals surface area contributed by atoms with Crippen LogP contribution in [0.15, 0.2) is 228 Å². The van der Waals surface area contributed by atoms with E-state index in [0.717, 1.165) is 59.6 Å². The van der Waals surface area contributed by atoms with Gasteiger partial charge in [-0.15, -0.1) is 0 Å². The molecule has 0 bridgehead atoms. The first kappa shape index (κ1) is 64.9. The van der Waals surface area contributed by atoms with Gasteiger partial charge in [0.25, 0.3) is 11.8 Å². The van der Waals surface area contributed by atoms with E-state index in [-0.39, 0.29) is 64.7 Å². The minimum Gasteiger partial charge on any atom is -0.485 e.